The van der Waals surface area contributed by atoms with Gasteiger partial charge in [-0.1, -0.05) is 18.2 Å². The molecule has 3 nitrogen and oxygen atoms in total. The third kappa shape index (κ3) is 0.905. The van der Waals surface area contributed by atoms with Crippen molar-refractivity contribution < 1.29 is 14.3 Å². The van der Waals surface area contributed by atoms with Crippen LogP contribution in [-0.2, 0) is 9.47 Å². The number of cyclic esters (lactones) is 1. The topological polar surface area (TPSA) is 35.5 Å². The van der Waals surface area contributed by atoms with Crippen molar-refractivity contribution in [2.24, 2.45) is 0 Å². The quantitative estimate of drug-likeness (QED) is 0.590. The molecule has 62 valence electrons. The number of hydrogen-bond acceptors (Lipinski definition) is 3. The van der Waals surface area contributed by atoms with Crippen LogP contribution in [0.25, 0.3) is 0 Å². The average molecular weight is 164 g/mol. The van der Waals surface area contributed by atoms with Crippen LogP contribution < -0.4 is 0 Å². The molecule has 12 heavy (non-hydrogen) atoms. The molecule has 1 heterocycles. The molecule has 0 spiro atoms. The monoisotopic (exact) mass is 164 g/mol. The second-order valence-corrected chi connectivity index (χ2v) is 2.56. The molecule has 2 rings (SSSR count). The van der Waals surface area contributed by atoms with Gasteiger partial charge in [-0.3, -0.25) is 0 Å². The number of fused-ring (bicyclic) bond motifs is 1. The summed E-state index contributed by atoms with van der Waals surface area (Å²) in [7, 11) is 1.51. The Bertz CT molecular complexity index is 319. The van der Waals surface area contributed by atoms with Crippen molar-refractivity contribution in [2.45, 2.75) is 6.29 Å². The molecule has 0 saturated heterocycles. The van der Waals surface area contributed by atoms with Gasteiger partial charge in [0.05, 0.1) is 5.56 Å². The second kappa shape index (κ2) is 2.60. The van der Waals surface area contributed by atoms with E-state index in [0.29, 0.717) is 5.56 Å². The predicted octanol–water partition coefficient (Wildman–Crippen LogP) is 1.50. The summed E-state index contributed by atoms with van der Waals surface area (Å²) in [4.78, 5) is 11.1. The third-order valence-electron chi connectivity index (χ3n) is 1.86. The van der Waals surface area contributed by atoms with Crippen molar-refractivity contribution in [3.63, 3.8) is 0 Å². The molecular formula is C9H8O3. The van der Waals surface area contributed by atoms with Crippen molar-refractivity contribution in [3.8, 4) is 0 Å². The highest BCUT2D eigenvalue weighted by molar-refractivity contribution is 5.93. The molecule has 1 aliphatic heterocycles. The number of methoxy groups -OCH3 is 1. The first-order chi connectivity index (χ1) is 5.83. The van der Waals surface area contributed by atoms with E-state index in [9.17, 15) is 4.79 Å². The predicted molar refractivity (Wildman–Crippen MR) is 41.6 cm³/mol. The Morgan fingerprint density at radius 3 is 2.92 bits per heavy atom. The van der Waals surface area contributed by atoms with Crippen LogP contribution in [0.15, 0.2) is 24.3 Å². The molecule has 3 heteroatoms. The van der Waals surface area contributed by atoms with Crippen molar-refractivity contribution in [3.05, 3.63) is 35.4 Å². The standard InChI is InChI=1S/C9H8O3/c1-11-9-7-5-3-2-4-6(7)8(10)12-9/h2-5,9H,1H3. The molecule has 0 radical (unpaired) electrons. The van der Waals surface area contributed by atoms with Gasteiger partial charge in [0, 0.05) is 12.7 Å². The molecule has 0 N–H and O–H groups in total. The molecule has 0 saturated carbocycles. The van der Waals surface area contributed by atoms with Gasteiger partial charge >= 0.3 is 5.97 Å². The summed E-state index contributed by atoms with van der Waals surface area (Å²) in [5.41, 5.74) is 1.41. The summed E-state index contributed by atoms with van der Waals surface area (Å²) in [6.07, 6.45) is -0.520. The van der Waals surface area contributed by atoms with Gasteiger partial charge in [0.15, 0.2) is 0 Å². The highest BCUT2D eigenvalue weighted by Crippen LogP contribution is 2.30. The maximum Gasteiger partial charge on any atom is 0.341 e. The van der Waals surface area contributed by atoms with Crippen LogP contribution in [0.4, 0.5) is 0 Å². The van der Waals surface area contributed by atoms with Crippen LogP contribution in [0.1, 0.15) is 22.2 Å². The Morgan fingerprint density at radius 1 is 1.42 bits per heavy atom. The van der Waals surface area contributed by atoms with E-state index < -0.39 is 6.29 Å². The number of hydrogen-bond donors (Lipinski definition) is 0. The van der Waals surface area contributed by atoms with Crippen molar-refractivity contribution in [1.29, 1.82) is 0 Å². The zero-order valence-corrected chi connectivity index (χ0v) is 6.61. The number of rotatable bonds is 1. The van der Waals surface area contributed by atoms with Crippen molar-refractivity contribution >= 4 is 5.97 Å². The fourth-order valence-electron chi connectivity index (χ4n) is 1.29. The van der Waals surface area contributed by atoms with Crippen molar-refractivity contribution in [1.82, 2.24) is 0 Å². The molecule has 1 aliphatic rings. The fraction of sp³-hybridized carbons (Fsp3) is 0.222. The minimum atomic E-state index is -0.520. The lowest BCUT2D eigenvalue weighted by Gasteiger charge is -2.06. The van der Waals surface area contributed by atoms with Gasteiger partial charge in [-0.25, -0.2) is 4.79 Å². The van der Waals surface area contributed by atoms with E-state index in [1.165, 1.54) is 7.11 Å². The lowest BCUT2D eigenvalue weighted by molar-refractivity contribution is -0.0815. The Balaban J connectivity index is 2.50. The molecule has 0 amide bonds. The highest BCUT2D eigenvalue weighted by atomic mass is 16.7. The summed E-state index contributed by atoms with van der Waals surface area (Å²) < 4.78 is 9.88. The Labute approximate surface area is 69.9 Å². The zero-order valence-electron chi connectivity index (χ0n) is 6.61. The molecule has 1 unspecified atom stereocenters. The number of benzene rings is 1. The van der Waals surface area contributed by atoms with E-state index in [1.54, 1.807) is 12.1 Å². The molecular weight excluding hydrogens is 156 g/mol. The van der Waals surface area contributed by atoms with E-state index in [0.717, 1.165) is 5.56 Å². The maximum absolute atomic E-state index is 11.1. The van der Waals surface area contributed by atoms with Gasteiger partial charge in [-0.05, 0) is 6.07 Å². The molecule has 1 aromatic carbocycles. The lowest BCUT2D eigenvalue weighted by Crippen LogP contribution is -1.99. The molecule has 1 aromatic rings. The number of esters is 1. The fourth-order valence-corrected chi connectivity index (χ4v) is 1.29. The first-order valence-corrected chi connectivity index (χ1v) is 3.65. The Hall–Kier alpha value is -1.35. The first-order valence-electron chi connectivity index (χ1n) is 3.65. The Kier molecular flexibility index (Phi) is 1.59. The minimum absolute atomic E-state index is 0.308. The largest absolute Gasteiger partial charge is 0.428 e. The van der Waals surface area contributed by atoms with Crippen LogP contribution >= 0.6 is 0 Å². The normalized spacial score (nSPS) is 20.4. The maximum atomic E-state index is 11.1. The first kappa shape index (κ1) is 7.31. The van der Waals surface area contributed by atoms with E-state index >= 15 is 0 Å². The van der Waals surface area contributed by atoms with Gasteiger partial charge in [0.25, 0.3) is 0 Å². The smallest absolute Gasteiger partial charge is 0.341 e. The summed E-state index contributed by atoms with van der Waals surface area (Å²) >= 11 is 0. The van der Waals surface area contributed by atoms with Gasteiger partial charge in [-0.2, -0.15) is 0 Å². The minimum Gasteiger partial charge on any atom is -0.428 e. The van der Waals surface area contributed by atoms with E-state index in [2.05, 4.69) is 0 Å². The molecule has 1 atom stereocenters. The molecule has 0 aromatic heterocycles. The van der Waals surface area contributed by atoms with E-state index in [1.807, 2.05) is 12.1 Å². The number of ether oxygens (including phenoxy) is 2. The molecule has 0 bridgehead atoms. The zero-order chi connectivity index (χ0) is 8.55. The number of carbonyl (C=O) groups excluding carboxylic acids is 1. The van der Waals surface area contributed by atoms with Crippen LogP contribution in [0.5, 0.6) is 0 Å². The summed E-state index contributed by atoms with van der Waals surface area (Å²) in [6, 6.07) is 7.22. The van der Waals surface area contributed by atoms with Gasteiger partial charge in [-0.15, -0.1) is 0 Å². The van der Waals surface area contributed by atoms with E-state index in [4.69, 9.17) is 9.47 Å². The van der Waals surface area contributed by atoms with Crippen LogP contribution in [0, 0.1) is 0 Å². The Morgan fingerprint density at radius 2 is 2.17 bits per heavy atom. The third-order valence-corrected chi connectivity index (χ3v) is 1.86. The molecule has 0 aliphatic carbocycles. The summed E-state index contributed by atoms with van der Waals surface area (Å²) in [5, 5.41) is 0. The summed E-state index contributed by atoms with van der Waals surface area (Å²) in [6.45, 7) is 0. The van der Waals surface area contributed by atoms with Crippen LogP contribution in [0.2, 0.25) is 0 Å². The summed E-state index contributed by atoms with van der Waals surface area (Å²) in [5.74, 6) is -0.308. The highest BCUT2D eigenvalue weighted by Gasteiger charge is 2.29. The van der Waals surface area contributed by atoms with Gasteiger partial charge in [0.1, 0.15) is 0 Å². The average Bonchev–Trinajstić information content (AvgIpc) is 2.44. The van der Waals surface area contributed by atoms with Crippen molar-refractivity contribution in [2.75, 3.05) is 7.11 Å². The second-order valence-electron chi connectivity index (χ2n) is 2.56. The SMILES string of the molecule is COC1OC(=O)c2ccccc21. The number of carbonyl (C=O) groups is 1. The van der Waals surface area contributed by atoms with E-state index in [-0.39, 0.29) is 5.97 Å². The van der Waals surface area contributed by atoms with Crippen LogP contribution in [0.3, 0.4) is 0 Å². The van der Waals surface area contributed by atoms with Gasteiger partial charge < -0.3 is 9.47 Å². The lowest BCUT2D eigenvalue weighted by atomic mass is 10.1. The molecule has 0 fully saturated rings. The van der Waals surface area contributed by atoms with Gasteiger partial charge in [0.2, 0.25) is 6.29 Å². The van der Waals surface area contributed by atoms with Crippen LogP contribution in [-0.4, -0.2) is 13.1 Å².